The van der Waals surface area contributed by atoms with Gasteiger partial charge in [0.1, 0.15) is 0 Å². The molecule has 0 aromatic heterocycles. The van der Waals surface area contributed by atoms with Crippen molar-refractivity contribution in [2.45, 2.75) is 0 Å². The lowest BCUT2D eigenvalue weighted by Crippen LogP contribution is -2.46. The SMILES string of the molecule is [CH2-]N1CC(CNC)C1. The lowest BCUT2D eigenvalue weighted by molar-refractivity contribution is 0.156. The number of likely N-dealkylation sites (tertiary alicyclic amines) is 1. The fourth-order valence-electron chi connectivity index (χ4n) is 1.09. The highest BCUT2D eigenvalue weighted by Gasteiger charge is 2.16. The topological polar surface area (TPSA) is 15.3 Å². The van der Waals surface area contributed by atoms with Crippen LogP contribution in [0.1, 0.15) is 0 Å². The van der Waals surface area contributed by atoms with Gasteiger partial charge < -0.3 is 10.2 Å². The number of rotatable bonds is 2. The Labute approximate surface area is 50.9 Å². The van der Waals surface area contributed by atoms with Crippen LogP contribution in [0.4, 0.5) is 0 Å². The predicted octanol–water partition coefficient (Wildman–Crippen LogP) is -0.0708. The van der Waals surface area contributed by atoms with Gasteiger partial charge in [-0.3, -0.25) is 7.05 Å². The zero-order chi connectivity index (χ0) is 5.98. The molecule has 0 aliphatic carbocycles. The summed E-state index contributed by atoms with van der Waals surface area (Å²) in [6, 6.07) is 0. The predicted molar refractivity (Wildman–Crippen MR) is 34.3 cm³/mol. The number of hydrogen-bond acceptors (Lipinski definition) is 2. The maximum absolute atomic E-state index is 3.78. The van der Waals surface area contributed by atoms with Crippen molar-refractivity contribution in [1.82, 2.24) is 10.2 Å². The van der Waals surface area contributed by atoms with E-state index in [1.165, 1.54) is 13.1 Å². The Balaban J connectivity index is 1.98. The first-order valence-electron chi connectivity index (χ1n) is 3.03. The lowest BCUT2D eigenvalue weighted by Gasteiger charge is -2.42. The van der Waals surface area contributed by atoms with Crippen LogP contribution in [-0.4, -0.2) is 31.6 Å². The minimum absolute atomic E-state index is 0.859. The van der Waals surface area contributed by atoms with Crippen LogP contribution in [0.15, 0.2) is 0 Å². The Bertz CT molecular complexity index is 64.2. The Morgan fingerprint density at radius 1 is 1.75 bits per heavy atom. The fourth-order valence-corrected chi connectivity index (χ4v) is 1.09. The molecule has 2 nitrogen and oxygen atoms in total. The normalized spacial score (nSPS) is 23.2. The van der Waals surface area contributed by atoms with Gasteiger partial charge in [-0.2, -0.15) is 0 Å². The van der Waals surface area contributed by atoms with E-state index in [1.54, 1.807) is 0 Å². The highest BCUT2D eigenvalue weighted by atomic mass is 15.2. The molecule has 1 aliphatic heterocycles. The van der Waals surface area contributed by atoms with Crippen LogP contribution < -0.4 is 5.32 Å². The van der Waals surface area contributed by atoms with Crippen molar-refractivity contribution in [3.05, 3.63) is 7.05 Å². The summed E-state index contributed by atoms with van der Waals surface area (Å²) in [6.45, 7) is 3.48. The molecule has 1 rings (SSSR count). The van der Waals surface area contributed by atoms with Crippen LogP contribution in [0.5, 0.6) is 0 Å². The standard InChI is InChI=1S/C6H13N2/c1-7-3-6-4-8(2)5-6/h6-7H,2-5H2,1H3/q-1. The molecule has 0 radical (unpaired) electrons. The fraction of sp³-hybridized carbons (Fsp3) is 0.833. The van der Waals surface area contributed by atoms with Crippen molar-refractivity contribution in [2.24, 2.45) is 5.92 Å². The quantitative estimate of drug-likeness (QED) is 0.504. The highest BCUT2D eigenvalue weighted by Crippen LogP contribution is 2.11. The van der Waals surface area contributed by atoms with Gasteiger partial charge in [-0.1, -0.05) is 0 Å². The van der Waals surface area contributed by atoms with E-state index < -0.39 is 0 Å². The van der Waals surface area contributed by atoms with Crippen LogP contribution in [0.3, 0.4) is 0 Å². The average molecular weight is 113 g/mol. The first-order chi connectivity index (χ1) is 3.83. The zero-order valence-electron chi connectivity index (χ0n) is 5.35. The smallest absolute Gasteiger partial charge is 0.0000834 e. The molecule has 1 fully saturated rings. The maximum atomic E-state index is 3.78. The largest absolute Gasteiger partial charge is 0.459 e. The molecule has 8 heavy (non-hydrogen) atoms. The monoisotopic (exact) mass is 113 g/mol. The molecule has 0 aromatic carbocycles. The van der Waals surface area contributed by atoms with Crippen LogP contribution in [-0.2, 0) is 0 Å². The minimum Gasteiger partial charge on any atom is -0.459 e. The van der Waals surface area contributed by atoms with E-state index in [0.29, 0.717) is 0 Å². The molecule has 48 valence electrons. The van der Waals surface area contributed by atoms with Gasteiger partial charge >= 0.3 is 0 Å². The van der Waals surface area contributed by atoms with Gasteiger partial charge in [0.15, 0.2) is 0 Å². The average Bonchev–Trinajstić information content (AvgIpc) is 1.64. The van der Waals surface area contributed by atoms with E-state index in [4.69, 9.17) is 0 Å². The van der Waals surface area contributed by atoms with E-state index >= 15 is 0 Å². The van der Waals surface area contributed by atoms with E-state index in [0.717, 1.165) is 12.5 Å². The molecule has 0 amide bonds. The Morgan fingerprint density at radius 2 is 2.38 bits per heavy atom. The molecule has 0 saturated carbocycles. The third-order valence-corrected chi connectivity index (χ3v) is 1.53. The molecule has 0 bridgehead atoms. The zero-order valence-corrected chi connectivity index (χ0v) is 5.35. The van der Waals surface area contributed by atoms with Gasteiger partial charge in [-0.25, -0.2) is 0 Å². The van der Waals surface area contributed by atoms with Crippen molar-refractivity contribution in [2.75, 3.05) is 26.7 Å². The summed E-state index contributed by atoms with van der Waals surface area (Å²) in [5, 5.41) is 3.14. The Hall–Kier alpha value is -0.0800. The first-order valence-corrected chi connectivity index (χ1v) is 3.03. The second-order valence-corrected chi connectivity index (χ2v) is 2.46. The molecular formula is C6H13N2-. The summed E-state index contributed by atoms with van der Waals surface area (Å²) in [4.78, 5) is 2.09. The van der Waals surface area contributed by atoms with Gasteiger partial charge in [0.2, 0.25) is 0 Å². The third kappa shape index (κ3) is 1.20. The van der Waals surface area contributed by atoms with Gasteiger partial charge in [-0.05, 0) is 32.6 Å². The van der Waals surface area contributed by atoms with Gasteiger partial charge in [0.05, 0.1) is 0 Å². The van der Waals surface area contributed by atoms with Crippen LogP contribution in [0, 0.1) is 13.0 Å². The second kappa shape index (κ2) is 2.46. The van der Waals surface area contributed by atoms with Crippen molar-refractivity contribution in [3.63, 3.8) is 0 Å². The van der Waals surface area contributed by atoms with E-state index in [2.05, 4.69) is 17.3 Å². The molecule has 0 unspecified atom stereocenters. The van der Waals surface area contributed by atoms with Gasteiger partial charge in [-0.15, -0.1) is 0 Å². The molecule has 0 atom stereocenters. The summed E-state index contributed by atoms with van der Waals surface area (Å²) in [6.07, 6.45) is 0. The van der Waals surface area contributed by atoms with E-state index in [1.807, 2.05) is 7.05 Å². The van der Waals surface area contributed by atoms with E-state index in [9.17, 15) is 0 Å². The molecule has 1 N–H and O–H groups in total. The van der Waals surface area contributed by atoms with Crippen molar-refractivity contribution >= 4 is 0 Å². The summed E-state index contributed by atoms with van der Waals surface area (Å²) in [7, 11) is 5.77. The van der Waals surface area contributed by atoms with Crippen LogP contribution in [0.25, 0.3) is 0 Å². The van der Waals surface area contributed by atoms with E-state index in [-0.39, 0.29) is 0 Å². The van der Waals surface area contributed by atoms with Crippen molar-refractivity contribution in [1.29, 1.82) is 0 Å². The van der Waals surface area contributed by atoms with Gasteiger partial charge in [0, 0.05) is 0 Å². The summed E-state index contributed by atoms with van der Waals surface area (Å²) >= 11 is 0. The Morgan fingerprint density at radius 3 is 2.75 bits per heavy atom. The summed E-state index contributed by atoms with van der Waals surface area (Å²) in [5.74, 6) is 0.859. The first kappa shape index (κ1) is 6.05. The number of nitrogens with zero attached hydrogens (tertiary/aromatic N) is 1. The summed E-state index contributed by atoms with van der Waals surface area (Å²) in [5.41, 5.74) is 0. The minimum atomic E-state index is 0.859. The molecule has 1 heterocycles. The lowest BCUT2D eigenvalue weighted by atomic mass is 10.0. The molecule has 1 aliphatic rings. The summed E-state index contributed by atoms with van der Waals surface area (Å²) < 4.78 is 0. The molecule has 2 heteroatoms. The van der Waals surface area contributed by atoms with Crippen molar-refractivity contribution in [3.8, 4) is 0 Å². The third-order valence-electron chi connectivity index (χ3n) is 1.53. The van der Waals surface area contributed by atoms with Crippen LogP contribution >= 0.6 is 0 Å². The number of hydrogen-bond donors (Lipinski definition) is 1. The number of nitrogens with one attached hydrogen (secondary N) is 1. The molecular weight excluding hydrogens is 100 g/mol. The highest BCUT2D eigenvalue weighted by molar-refractivity contribution is 4.79. The van der Waals surface area contributed by atoms with Crippen molar-refractivity contribution < 1.29 is 0 Å². The molecule has 0 aromatic rings. The molecule has 1 saturated heterocycles. The second-order valence-electron chi connectivity index (χ2n) is 2.46. The maximum Gasteiger partial charge on any atom is -0.0000834 e. The molecule has 0 spiro atoms. The Kier molecular flexibility index (Phi) is 1.86. The van der Waals surface area contributed by atoms with Gasteiger partial charge in [0.25, 0.3) is 0 Å². The van der Waals surface area contributed by atoms with Crippen LogP contribution in [0.2, 0.25) is 0 Å².